The molecule has 2 saturated heterocycles. The van der Waals surface area contributed by atoms with Crippen molar-refractivity contribution in [3.8, 4) is 0 Å². The molecule has 2 nitrogen and oxygen atoms in total. The fourth-order valence-electron chi connectivity index (χ4n) is 14.4. The number of hydrogen-bond acceptors (Lipinski definition) is 2. The van der Waals surface area contributed by atoms with Gasteiger partial charge in [-0.3, -0.25) is 0 Å². The molecule has 62 heavy (non-hydrogen) atoms. The van der Waals surface area contributed by atoms with Crippen LogP contribution in [0.2, 0.25) is 17.5 Å². The van der Waals surface area contributed by atoms with Crippen LogP contribution in [-0.2, 0) is 0 Å². The number of nitrogens with zero attached hydrogens (tertiary/aromatic N) is 2. The van der Waals surface area contributed by atoms with E-state index in [-0.39, 0.29) is 10.8 Å². The molecule has 0 bridgehead atoms. The Balaban J connectivity index is 1.08. The summed E-state index contributed by atoms with van der Waals surface area (Å²) in [6.45, 7) is 15.7. The summed E-state index contributed by atoms with van der Waals surface area (Å²) in [5.74, 6) is 3.03. The Morgan fingerprint density at radius 3 is 1.53 bits per heavy atom. The summed E-state index contributed by atoms with van der Waals surface area (Å²) in [4.78, 5) is 5.21. The summed E-state index contributed by atoms with van der Waals surface area (Å²) in [5, 5.41) is 5.84. The molecule has 6 atom stereocenters. The minimum absolute atomic E-state index is 0.00870. The highest BCUT2D eigenvalue weighted by Gasteiger charge is 2.64. The smallest absolute Gasteiger partial charge is 0.188 e. The molecular formula is C58H57BN2Si. The van der Waals surface area contributed by atoms with Crippen molar-refractivity contribution >= 4 is 64.0 Å². The standard InChI is InChI=1S/C58H57BN2Si/c1-7-38-22-20-25-42-54(38)59-55-39(8-2)36-41(37-45(55)58(5,6)44-27-21-26-43(56(44)59)57(42,3)4)61-48-30-14-18-34-52(48)62(53-35-19-15-31-49(53)61)50-32-16-12-28-46(50)60(40-23-10-9-11-24-40)47-29-13-17-33-51(47)62/h9-39,44,54-56H,7-8H2,1-6H3. The highest BCUT2D eigenvalue weighted by molar-refractivity contribution is 7.23. The molecule has 4 heteroatoms. The van der Waals surface area contributed by atoms with Gasteiger partial charge in [-0.25, -0.2) is 0 Å². The minimum Gasteiger partial charge on any atom is -0.311 e. The predicted molar refractivity (Wildman–Crippen MR) is 267 cm³/mol. The van der Waals surface area contributed by atoms with Gasteiger partial charge in [0.05, 0.1) is 0 Å². The first-order valence-corrected chi connectivity index (χ1v) is 25.5. The van der Waals surface area contributed by atoms with E-state index in [9.17, 15) is 0 Å². The van der Waals surface area contributed by atoms with Crippen LogP contribution in [0.4, 0.5) is 28.4 Å². The van der Waals surface area contributed by atoms with Crippen LogP contribution in [0.1, 0.15) is 54.4 Å². The normalized spacial score (nSPS) is 27.2. The van der Waals surface area contributed by atoms with Gasteiger partial charge >= 0.3 is 0 Å². The molecule has 4 aliphatic heterocycles. The third kappa shape index (κ3) is 4.88. The number of benzene rings is 5. The lowest BCUT2D eigenvalue weighted by Crippen LogP contribution is -2.79. The molecule has 7 aliphatic rings. The summed E-state index contributed by atoms with van der Waals surface area (Å²) in [5.41, 5.74) is 12.8. The zero-order valence-corrected chi connectivity index (χ0v) is 38.1. The maximum Gasteiger partial charge on any atom is 0.188 e. The van der Waals surface area contributed by atoms with Crippen LogP contribution in [0.25, 0.3) is 0 Å². The molecule has 0 N–H and O–H groups in total. The molecule has 5 aromatic carbocycles. The first-order valence-electron chi connectivity index (χ1n) is 23.5. The molecule has 0 aromatic heterocycles. The molecule has 2 fully saturated rings. The summed E-state index contributed by atoms with van der Waals surface area (Å²) < 4.78 is 0. The van der Waals surface area contributed by atoms with Crippen molar-refractivity contribution in [2.45, 2.75) is 71.8 Å². The van der Waals surface area contributed by atoms with Crippen LogP contribution in [0.3, 0.4) is 0 Å². The first kappa shape index (κ1) is 38.1. The number of anilines is 5. The molecule has 306 valence electrons. The monoisotopic (exact) mass is 820 g/mol. The third-order valence-electron chi connectivity index (χ3n) is 17.0. The van der Waals surface area contributed by atoms with Crippen molar-refractivity contribution < 1.29 is 0 Å². The molecule has 0 saturated carbocycles. The van der Waals surface area contributed by atoms with Crippen LogP contribution in [0.5, 0.6) is 0 Å². The Kier molecular flexibility index (Phi) is 8.43. The third-order valence-corrected chi connectivity index (χ3v) is 21.9. The van der Waals surface area contributed by atoms with E-state index >= 15 is 0 Å². The molecule has 12 rings (SSSR count). The van der Waals surface area contributed by atoms with Crippen molar-refractivity contribution in [3.63, 3.8) is 0 Å². The molecule has 6 unspecified atom stereocenters. The van der Waals surface area contributed by atoms with Crippen molar-refractivity contribution in [2.75, 3.05) is 9.80 Å². The van der Waals surface area contributed by atoms with Crippen LogP contribution in [-0.4, -0.2) is 14.8 Å². The Bertz CT molecular complexity index is 2760. The van der Waals surface area contributed by atoms with Gasteiger partial charge in [0.15, 0.2) is 14.8 Å². The number of rotatable bonds is 4. The van der Waals surface area contributed by atoms with Gasteiger partial charge in [-0.05, 0) is 117 Å². The molecule has 0 radical (unpaired) electrons. The Morgan fingerprint density at radius 1 is 0.516 bits per heavy atom. The van der Waals surface area contributed by atoms with Crippen molar-refractivity contribution in [1.29, 1.82) is 0 Å². The molecule has 4 heterocycles. The molecule has 1 spiro atoms. The van der Waals surface area contributed by atoms with E-state index in [2.05, 4.69) is 227 Å². The van der Waals surface area contributed by atoms with Gasteiger partial charge in [0.1, 0.15) is 0 Å². The van der Waals surface area contributed by atoms with Gasteiger partial charge < -0.3 is 9.80 Å². The van der Waals surface area contributed by atoms with Crippen molar-refractivity contribution in [2.24, 2.45) is 28.6 Å². The van der Waals surface area contributed by atoms with Gasteiger partial charge in [0.25, 0.3) is 0 Å². The second-order valence-corrected chi connectivity index (χ2v) is 23.9. The van der Waals surface area contributed by atoms with E-state index in [1.54, 1.807) is 16.7 Å². The van der Waals surface area contributed by atoms with E-state index in [4.69, 9.17) is 0 Å². The number of para-hydroxylation sites is 5. The summed E-state index contributed by atoms with van der Waals surface area (Å²) in [6, 6.07) is 48.6. The Labute approximate surface area is 370 Å². The van der Waals surface area contributed by atoms with Gasteiger partial charge in [-0.1, -0.05) is 192 Å². The van der Waals surface area contributed by atoms with Crippen molar-refractivity contribution in [1.82, 2.24) is 0 Å². The fourth-order valence-corrected chi connectivity index (χ4v) is 19.9. The second kappa shape index (κ2) is 13.7. The minimum atomic E-state index is -2.87. The Morgan fingerprint density at radius 2 is 0.984 bits per heavy atom. The summed E-state index contributed by atoms with van der Waals surface area (Å²) in [7, 11) is -2.87. The van der Waals surface area contributed by atoms with Gasteiger partial charge in [-0.15, -0.1) is 0 Å². The molecule has 0 amide bonds. The first-order chi connectivity index (χ1) is 30.2. The number of fused-ring (bicyclic) bond motifs is 12. The molecular weight excluding hydrogens is 764 g/mol. The van der Waals surface area contributed by atoms with Crippen LogP contribution in [0, 0.1) is 28.6 Å². The van der Waals surface area contributed by atoms with Crippen molar-refractivity contribution in [3.05, 3.63) is 198 Å². The average Bonchev–Trinajstić information content (AvgIpc) is 3.31. The highest BCUT2D eigenvalue weighted by Crippen LogP contribution is 2.72. The highest BCUT2D eigenvalue weighted by atomic mass is 28.3. The van der Waals surface area contributed by atoms with E-state index in [0.29, 0.717) is 41.9 Å². The maximum absolute atomic E-state index is 2.87. The van der Waals surface area contributed by atoms with E-state index in [0.717, 1.165) is 6.42 Å². The molecule has 5 aromatic rings. The predicted octanol–water partition coefficient (Wildman–Crippen LogP) is 12.5. The van der Waals surface area contributed by atoms with E-state index in [1.807, 2.05) is 0 Å². The van der Waals surface area contributed by atoms with Crippen LogP contribution in [0.15, 0.2) is 198 Å². The lowest BCUT2D eigenvalue weighted by Gasteiger charge is -2.64. The Hall–Kier alpha value is -5.58. The molecule has 3 aliphatic carbocycles. The van der Waals surface area contributed by atoms with Gasteiger partial charge in [0.2, 0.25) is 0 Å². The lowest BCUT2D eigenvalue weighted by molar-refractivity contribution is 0.246. The summed E-state index contributed by atoms with van der Waals surface area (Å²) >= 11 is 0. The zero-order valence-electron chi connectivity index (χ0n) is 37.1. The number of allylic oxidation sites excluding steroid dienone is 11. The van der Waals surface area contributed by atoms with Gasteiger partial charge in [0, 0.05) is 39.5 Å². The summed E-state index contributed by atoms with van der Waals surface area (Å²) in [6.07, 6.45) is 22.8. The fraction of sp³-hybridized carbons (Fsp3) is 0.276. The lowest BCUT2D eigenvalue weighted by atomic mass is 9.13. The maximum atomic E-state index is 2.74. The second-order valence-electron chi connectivity index (χ2n) is 20.2. The topological polar surface area (TPSA) is 6.48 Å². The van der Waals surface area contributed by atoms with E-state index < -0.39 is 8.07 Å². The van der Waals surface area contributed by atoms with Gasteiger partial charge in [-0.2, -0.15) is 0 Å². The van der Waals surface area contributed by atoms with Crippen LogP contribution < -0.4 is 30.5 Å². The van der Waals surface area contributed by atoms with E-state index in [1.165, 1.54) is 61.3 Å². The average molecular weight is 821 g/mol. The van der Waals surface area contributed by atoms with Crippen LogP contribution >= 0.6 is 0 Å². The SMILES string of the molecule is CCC1C=CC=C2C1B1C3C(=CC(N4c5ccccc5[Si]5(c6ccccc64)c4ccccc4N(c4ccccc4)c4ccccc45)=CC3CC)C(C)(C)C3C=CC=C(C13)C2(C)C. The quantitative estimate of drug-likeness (QED) is 0.164. The zero-order chi connectivity index (χ0) is 42.1. The number of hydrogen-bond donors (Lipinski definition) is 0. The largest absolute Gasteiger partial charge is 0.311 e.